The Balaban J connectivity index is 1.43. The molecule has 5 nitrogen and oxygen atoms in total. The van der Waals surface area contributed by atoms with Gasteiger partial charge in [-0.2, -0.15) is 0 Å². The van der Waals surface area contributed by atoms with Crippen molar-refractivity contribution < 1.29 is 14.3 Å². The molecule has 0 aliphatic carbocycles. The quantitative estimate of drug-likeness (QED) is 0.740. The summed E-state index contributed by atoms with van der Waals surface area (Å²) in [5.74, 6) is 2.30. The van der Waals surface area contributed by atoms with Crippen molar-refractivity contribution in [3.63, 3.8) is 0 Å². The number of benzene rings is 2. The van der Waals surface area contributed by atoms with Gasteiger partial charge in [-0.25, -0.2) is 0 Å². The monoisotopic (exact) mass is 422 g/mol. The minimum Gasteiger partial charge on any atom is -0.497 e. The van der Waals surface area contributed by atoms with Gasteiger partial charge in [-0.3, -0.25) is 9.69 Å². The second kappa shape index (κ2) is 8.91. The number of piperidine rings is 1. The minimum atomic E-state index is -0.368. The van der Waals surface area contributed by atoms with Crippen LogP contribution >= 0.6 is 0 Å². The van der Waals surface area contributed by atoms with Gasteiger partial charge in [0.1, 0.15) is 17.1 Å². The molecule has 2 aliphatic rings. The molecule has 0 spiro atoms. The van der Waals surface area contributed by atoms with Crippen LogP contribution in [0, 0.1) is 5.92 Å². The van der Waals surface area contributed by atoms with E-state index >= 15 is 0 Å². The predicted molar refractivity (Wildman–Crippen MR) is 123 cm³/mol. The summed E-state index contributed by atoms with van der Waals surface area (Å²) in [5, 5.41) is 3.22. The van der Waals surface area contributed by atoms with Gasteiger partial charge in [0.05, 0.1) is 13.2 Å². The first-order valence-corrected chi connectivity index (χ1v) is 11.3. The first kappa shape index (κ1) is 21.7. The van der Waals surface area contributed by atoms with E-state index in [4.69, 9.17) is 9.47 Å². The Bertz CT molecular complexity index is 915. The Morgan fingerprint density at radius 1 is 1.16 bits per heavy atom. The maximum atomic E-state index is 13.0. The molecule has 0 saturated carbocycles. The third-order valence-electron chi connectivity index (χ3n) is 6.48. The third-order valence-corrected chi connectivity index (χ3v) is 6.48. The lowest BCUT2D eigenvalue weighted by molar-refractivity contribution is 0.0617. The summed E-state index contributed by atoms with van der Waals surface area (Å²) in [7, 11) is 1.64. The number of nitrogens with zero attached hydrogens (tertiary/aromatic N) is 1. The standard InChI is InChI=1S/C26H34N2O3/c1-18-11-13-28(14-12-18)17-19-5-7-20(8-6-19)25(29)27-23-16-26(2,3)31-24-15-21(30-4)9-10-22(23)24/h5-10,15,18,23H,11-14,16-17H2,1-4H3,(H,27,29). The number of carbonyl (C=O) groups excluding carboxylic acids is 1. The number of amides is 1. The van der Waals surface area contributed by atoms with Crippen LogP contribution < -0.4 is 14.8 Å². The van der Waals surface area contributed by atoms with E-state index in [0.29, 0.717) is 12.0 Å². The van der Waals surface area contributed by atoms with E-state index in [1.54, 1.807) is 7.11 Å². The Kier molecular flexibility index (Phi) is 6.24. The van der Waals surface area contributed by atoms with Crippen LogP contribution in [-0.2, 0) is 6.54 Å². The number of fused-ring (bicyclic) bond motifs is 1. The Morgan fingerprint density at radius 3 is 2.55 bits per heavy atom. The predicted octanol–water partition coefficient (Wildman–Crippen LogP) is 4.96. The number of ether oxygens (including phenoxy) is 2. The smallest absolute Gasteiger partial charge is 0.251 e. The van der Waals surface area contributed by atoms with E-state index in [1.165, 1.54) is 18.4 Å². The number of rotatable bonds is 5. The van der Waals surface area contributed by atoms with Crippen LogP contribution in [0.15, 0.2) is 42.5 Å². The molecule has 5 heteroatoms. The van der Waals surface area contributed by atoms with E-state index in [9.17, 15) is 4.79 Å². The molecule has 2 aromatic carbocycles. The van der Waals surface area contributed by atoms with Crippen molar-refractivity contribution in [3.8, 4) is 11.5 Å². The second-order valence-corrected chi connectivity index (χ2v) is 9.65. The molecule has 0 radical (unpaired) electrons. The van der Waals surface area contributed by atoms with E-state index in [-0.39, 0.29) is 17.6 Å². The second-order valence-electron chi connectivity index (χ2n) is 9.65. The molecular formula is C26H34N2O3. The van der Waals surface area contributed by atoms with Gasteiger partial charge in [-0.05, 0) is 75.5 Å². The molecule has 1 atom stereocenters. The molecule has 0 bridgehead atoms. The highest BCUT2D eigenvalue weighted by atomic mass is 16.5. The molecule has 4 rings (SSSR count). The van der Waals surface area contributed by atoms with Crippen LogP contribution in [0.25, 0.3) is 0 Å². The molecule has 2 aliphatic heterocycles. The van der Waals surface area contributed by atoms with Gasteiger partial charge in [0.25, 0.3) is 5.91 Å². The average Bonchev–Trinajstić information content (AvgIpc) is 2.74. The summed E-state index contributed by atoms with van der Waals surface area (Å²) >= 11 is 0. The Labute approximate surface area is 185 Å². The van der Waals surface area contributed by atoms with E-state index in [2.05, 4.69) is 29.3 Å². The van der Waals surface area contributed by atoms with Crippen molar-refractivity contribution in [1.82, 2.24) is 10.2 Å². The van der Waals surface area contributed by atoms with Crippen molar-refractivity contribution in [2.45, 2.75) is 58.2 Å². The van der Waals surface area contributed by atoms with Crippen LogP contribution in [0.2, 0.25) is 0 Å². The van der Waals surface area contributed by atoms with Crippen molar-refractivity contribution >= 4 is 5.91 Å². The van der Waals surface area contributed by atoms with Crippen molar-refractivity contribution in [2.24, 2.45) is 5.92 Å². The first-order valence-electron chi connectivity index (χ1n) is 11.3. The van der Waals surface area contributed by atoms with Gasteiger partial charge < -0.3 is 14.8 Å². The summed E-state index contributed by atoms with van der Waals surface area (Å²) in [4.78, 5) is 15.5. The SMILES string of the molecule is COc1ccc2c(c1)OC(C)(C)CC2NC(=O)c1ccc(CN2CCC(C)CC2)cc1. The summed E-state index contributed by atoms with van der Waals surface area (Å²) in [6.07, 6.45) is 3.26. The lowest BCUT2D eigenvalue weighted by Crippen LogP contribution is -2.41. The molecule has 0 aromatic heterocycles. The number of hydrogen-bond acceptors (Lipinski definition) is 4. The van der Waals surface area contributed by atoms with Gasteiger partial charge in [-0.15, -0.1) is 0 Å². The zero-order chi connectivity index (χ0) is 22.0. The molecule has 1 N–H and O–H groups in total. The van der Waals surface area contributed by atoms with Gasteiger partial charge in [0.15, 0.2) is 0 Å². The Morgan fingerprint density at radius 2 is 1.87 bits per heavy atom. The number of methoxy groups -OCH3 is 1. The third kappa shape index (κ3) is 5.21. The number of likely N-dealkylation sites (tertiary alicyclic amines) is 1. The molecule has 1 fully saturated rings. The van der Waals surface area contributed by atoms with Crippen LogP contribution in [0.4, 0.5) is 0 Å². The van der Waals surface area contributed by atoms with Crippen molar-refractivity contribution in [2.75, 3.05) is 20.2 Å². The number of carbonyl (C=O) groups is 1. The highest BCUT2D eigenvalue weighted by Gasteiger charge is 2.35. The van der Waals surface area contributed by atoms with Crippen LogP contribution in [0.1, 0.15) is 67.6 Å². The molecule has 1 amide bonds. The van der Waals surface area contributed by atoms with Crippen molar-refractivity contribution in [1.29, 1.82) is 0 Å². The zero-order valence-corrected chi connectivity index (χ0v) is 19.1. The van der Waals surface area contributed by atoms with E-state index in [1.807, 2.05) is 44.2 Å². The van der Waals surface area contributed by atoms with Gasteiger partial charge in [0, 0.05) is 30.2 Å². The summed E-state index contributed by atoms with van der Waals surface area (Å²) in [6, 6.07) is 13.7. The molecule has 166 valence electrons. The molecule has 2 aromatic rings. The lowest BCUT2D eigenvalue weighted by atomic mass is 9.89. The first-order chi connectivity index (χ1) is 14.8. The molecular weight excluding hydrogens is 388 g/mol. The molecule has 1 saturated heterocycles. The van der Waals surface area contributed by atoms with Gasteiger partial charge in [-0.1, -0.05) is 19.1 Å². The largest absolute Gasteiger partial charge is 0.497 e. The topological polar surface area (TPSA) is 50.8 Å². The molecule has 1 unspecified atom stereocenters. The van der Waals surface area contributed by atoms with Gasteiger partial charge in [0.2, 0.25) is 0 Å². The lowest BCUT2D eigenvalue weighted by Gasteiger charge is -2.38. The summed E-state index contributed by atoms with van der Waals surface area (Å²) in [5.41, 5.74) is 2.57. The maximum absolute atomic E-state index is 13.0. The van der Waals surface area contributed by atoms with Crippen LogP contribution in [0.3, 0.4) is 0 Å². The minimum absolute atomic E-state index is 0.0529. The van der Waals surface area contributed by atoms with E-state index < -0.39 is 0 Å². The van der Waals surface area contributed by atoms with Gasteiger partial charge >= 0.3 is 0 Å². The zero-order valence-electron chi connectivity index (χ0n) is 19.1. The van der Waals surface area contributed by atoms with E-state index in [0.717, 1.165) is 42.6 Å². The number of nitrogens with one attached hydrogen (secondary N) is 1. The normalized spacial score (nSPS) is 21.1. The summed E-state index contributed by atoms with van der Waals surface area (Å²) < 4.78 is 11.5. The molecule has 31 heavy (non-hydrogen) atoms. The molecule has 2 heterocycles. The summed E-state index contributed by atoms with van der Waals surface area (Å²) in [6.45, 7) is 9.70. The van der Waals surface area contributed by atoms with Crippen LogP contribution in [0.5, 0.6) is 11.5 Å². The highest BCUT2D eigenvalue weighted by Crippen LogP contribution is 2.41. The number of hydrogen-bond donors (Lipinski definition) is 1. The highest BCUT2D eigenvalue weighted by molar-refractivity contribution is 5.94. The Hall–Kier alpha value is -2.53. The maximum Gasteiger partial charge on any atom is 0.251 e. The van der Waals surface area contributed by atoms with Crippen molar-refractivity contribution in [3.05, 3.63) is 59.2 Å². The fraction of sp³-hybridized carbons (Fsp3) is 0.500. The fourth-order valence-electron chi connectivity index (χ4n) is 4.57. The fourth-order valence-corrected chi connectivity index (χ4v) is 4.57. The van der Waals surface area contributed by atoms with Crippen LogP contribution in [-0.4, -0.2) is 36.6 Å². The average molecular weight is 423 g/mol.